The van der Waals surface area contributed by atoms with E-state index >= 15 is 0 Å². The number of carbonyl (C=O) groups excluding carboxylic acids is 2. The van der Waals surface area contributed by atoms with Crippen LogP contribution in [0.4, 0.5) is 0 Å². The number of amides is 2. The molecule has 1 N–H and O–H groups in total. The molecule has 0 bridgehead atoms. The van der Waals surface area contributed by atoms with E-state index in [9.17, 15) is 9.59 Å². The van der Waals surface area contributed by atoms with Gasteiger partial charge in [-0.3, -0.25) is 9.59 Å². The van der Waals surface area contributed by atoms with E-state index in [1.165, 1.54) is 6.92 Å². The minimum absolute atomic E-state index is 0.0852. The molecule has 1 aromatic carbocycles. The number of nitrogens with one attached hydrogen (secondary N) is 1. The van der Waals surface area contributed by atoms with Crippen LogP contribution in [0.15, 0.2) is 24.3 Å². The molecule has 2 aliphatic rings. The van der Waals surface area contributed by atoms with Gasteiger partial charge in [0, 0.05) is 32.9 Å². The largest absolute Gasteiger partial charge is 0.347 e. The van der Waals surface area contributed by atoms with Crippen molar-refractivity contribution in [3.8, 4) is 0 Å². The number of benzene rings is 1. The van der Waals surface area contributed by atoms with E-state index in [2.05, 4.69) is 20.1 Å². The van der Waals surface area contributed by atoms with Gasteiger partial charge in [-0.05, 0) is 17.5 Å². The molecule has 7 nitrogen and oxygen atoms in total. The molecule has 7 heteroatoms. The van der Waals surface area contributed by atoms with E-state index in [0.29, 0.717) is 19.5 Å². The fraction of sp³-hybridized carbons (Fsp3) is 0.444. The molecule has 4 rings (SSSR count). The van der Waals surface area contributed by atoms with Gasteiger partial charge in [-0.15, -0.1) is 10.2 Å². The molecule has 1 atom stereocenters. The zero-order valence-corrected chi connectivity index (χ0v) is 14.2. The quantitative estimate of drug-likeness (QED) is 0.898. The van der Waals surface area contributed by atoms with Crippen LogP contribution >= 0.6 is 0 Å². The van der Waals surface area contributed by atoms with Crippen molar-refractivity contribution in [3.05, 3.63) is 47.0 Å². The number of aryl methyl sites for hydroxylation is 1. The number of hydrogen-bond donors (Lipinski definition) is 1. The second-order valence-corrected chi connectivity index (χ2v) is 6.64. The minimum Gasteiger partial charge on any atom is -0.347 e. The van der Waals surface area contributed by atoms with Crippen LogP contribution in [0.3, 0.4) is 0 Å². The second kappa shape index (κ2) is 6.31. The van der Waals surface area contributed by atoms with Gasteiger partial charge in [-0.1, -0.05) is 24.3 Å². The number of fused-ring (bicyclic) bond motifs is 2. The number of hydrogen-bond acceptors (Lipinski definition) is 4. The first-order valence-electron chi connectivity index (χ1n) is 8.66. The van der Waals surface area contributed by atoms with E-state index in [4.69, 9.17) is 0 Å². The summed E-state index contributed by atoms with van der Waals surface area (Å²) in [7, 11) is 0. The first-order chi connectivity index (χ1) is 12.1. The fourth-order valence-corrected chi connectivity index (χ4v) is 3.71. The van der Waals surface area contributed by atoms with Gasteiger partial charge in [0.25, 0.3) is 0 Å². The molecule has 130 valence electrons. The number of nitrogens with zero attached hydrogens (tertiary/aromatic N) is 4. The highest BCUT2D eigenvalue weighted by molar-refractivity contribution is 5.87. The topological polar surface area (TPSA) is 80.1 Å². The molecule has 0 saturated heterocycles. The van der Waals surface area contributed by atoms with Gasteiger partial charge < -0.3 is 14.8 Å². The molecule has 0 unspecified atom stereocenters. The zero-order valence-electron chi connectivity index (χ0n) is 14.2. The van der Waals surface area contributed by atoms with Crippen LogP contribution in [-0.4, -0.2) is 37.5 Å². The summed E-state index contributed by atoms with van der Waals surface area (Å²) in [5.74, 6) is 1.55. The average Bonchev–Trinajstić information content (AvgIpc) is 3.22. The Morgan fingerprint density at radius 2 is 2.04 bits per heavy atom. The number of rotatable bonds is 3. The first-order valence-corrected chi connectivity index (χ1v) is 8.66. The summed E-state index contributed by atoms with van der Waals surface area (Å²) in [6.45, 7) is 3.24. The van der Waals surface area contributed by atoms with Crippen LogP contribution in [-0.2, 0) is 42.1 Å². The number of carbonyl (C=O) groups is 2. The molecule has 0 fully saturated rings. The Balaban J connectivity index is 1.49. The Bertz CT molecular complexity index is 829. The maximum Gasteiger partial charge on any atom is 0.243 e. The summed E-state index contributed by atoms with van der Waals surface area (Å²) >= 11 is 0. The molecule has 2 aliphatic heterocycles. The smallest absolute Gasteiger partial charge is 0.243 e. The highest BCUT2D eigenvalue weighted by atomic mass is 16.2. The summed E-state index contributed by atoms with van der Waals surface area (Å²) in [6, 6.07) is 7.49. The predicted octanol–water partition coefficient (Wildman–Crippen LogP) is 0.814. The van der Waals surface area contributed by atoms with Crippen molar-refractivity contribution in [2.75, 3.05) is 0 Å². The molecule has 25 heavy (non-hydrogen) atoms. The van der Waals surface area contributed by atoms with Gasteiger partial charge in [-0.2, -0.15) is 0 Å². The van der Waals surface area contributed by atoms with Crippen molar-refractivity contribution in [2.24, 2.45) is 0 Å². The molecule has 2 amide bonds. The van der Waals surface area contributed by atoms with E-state index in [-0.39, 0.29) is 11.8 Å². The SMILES string of the molecule is CC(=O)N1Cc2ccccc2C[C@@H]1C(=O)NCc1nnc2n1CCC2. The average molecular weight is 339 g/mol. The van der Waals surface area contributed by atoms with Crippen molar-refractivity contribution < 1.29 is 9.59 Å². The van der Waals surface area contributed by atoms with Crippen LogP contribution in [0.1, 0.15) is 36.1 Å². The second-order valence-electron chi connectivity index (χ2n) is 6.64. The molecule has 2 aromatic rings. The third-order valence-electron chi connectivity index (χ3n) is 5.06. The normalized spacial score (nSPS) is 18.6. The van der Waals surface area contributed by atoms with Crippen molar-refractivity contribution >= 4 is 11.8 Å². The van der Waals surface area contributed by atoms with Crippen LogP contribution in [0.5, 0.6) is 0 Å². The molecule has 0 radical (unpaired) electrons. The van der Waals surface area contributed by atoms with Crippen LogP contribution < -0.4 is 5.32 Å². The summed E-state index contributed by atoms with van der Waals surface area (Å²) in [5, 5.41) is 11.3. The monoisotopic (exact) mass is 339 g/mol. The molecule has 0 saturated carbocycles. The van der Waals surface area contributed by atoms with Crippen molar-refractivity contribution in [3.63, 3.8) is 0 Å². The highest BCUT2D eigenvalue weighted by Gasteiger charge is 2.33. The lowest BCUT2D eigenvalue weighted by molar-refractivity contribution is -0.140. The van der Waals surface area contributed by atoms with Gasteiger partial charge in [0.05, 0.1) is 6.54 Å². The lowest BCUT2D eigenvalue weighted by Gasteiger charge is -2.35. The Hall–Kier alpha value is -2.70. The third kappa shape index (κ3) is 2.90. The van der Waals surface area contributed by atoms with Crippen LogP contribution in [0.25, 0.3) is 0 Å². The predicted molar refractivity (Wildman–Crippen MR) is 90.3 cm³/mol. The van der Waals surface area contributed by atoms with Crippen molar-refractivity contribution in [1.29, 1.82) is 0 Å². The first kappa shape index (κ1) is 15.8. The van der Waals surface area contributed by atoms with Gasteiger partial charge >= 0.3 is 0 Å². The molecule has 1 aromatic heterocycles. The molecule has 0 spiro atoms. The van der Waals surface area contributed by atoms with Crippen LogP contribution in [0, 0.1) is 0 Å². The Labute approximate surface area is 146 Å². The summed E-state index contributed by atoms with van der Waals surface area (Å²) in [5.41, 5.74) is 2.24. The van der Waals surface area contributed by atoms with Crippen LogP contribution in [0.2, 0.25) is 0 Å². The third-order valence-corrected chi connectivity index (χ3v) is 5.06. The van der Waals surface area contributed by atoms with Gasteiger partial charge in [0.15, 0.2) is 5.82 Å². The Morgan fingerprint density at radius 3 is 2.84 bits per heavy atom. The Morgan fingerprint density at radius 1 is 1.24 bits per heavy atom. The Kier molecular flexibility index (Phi) is 3.99. The van der Waals surface area contributed by atoms with E-state index < -0.39 is 6.04 Å². The molecular weight excluding hydrogens is 318 g/mol. The maximum absolute atomic E-state index is 12.8. The maximum atomic E-state index is 12.8. The van der Waals surface area contributed by atoms with Gasteiger partial charge in [-0.25, -0.2) is 0 Å². The molecular formula is C18H21N5O2. The fourth-order valence-electron chi connectivity index (χ4n) is 3.71. The van der Waals surface area contributed by atoms with Gasteiger partial charge in [0.2, 0.25) is 11.8 Å². The van der Waals surface area contributed by atoms with Gasteiger partial charge in [0.1, 0.15) is 11.9 Å². The van der Waals surface area contributed by atoms with Crippen molar-refractivity contribution in [1.82, 2.24) is 25.0 Å². The molecule has 0 aliphatic carbocycles. The van der Waals surface area contributed by atoms with E-state index in [1.807, 2.05) is 24.3 Å². The lowest BCUT2D eigenvalue weighted by atomic mass is 9.93. The zero-order chi connectivity index (χ0) is 17.4. The standard InChI is InChI=1S/C18H21N5O2/c1-12(24)23-11-14-6-3-2-5-13(14)9-15(23)18(25)19-10-17-21-20-16-7-4-8-22(16)17/h2-3,5-6,15H,4,7-11H2,1H3,(H,19,25)/t15-/m1/s1. The lowest BCUT2D eigenvalue weighted by Crippen LogP contribution is -2.51. The summed E-state index contributed by atoms with van der Waals surface area (Å²) in [4.78, 5) is 26.4. The van der Waals surface area contributed by atoms with E-state index in [0.717, 1.165) is 42.2 Å². The van der Waals surface area contributed by atoms with E-state index in [1.54, 1.807) is 4.90 Å². The van der Waals surface area contributed by atoms with Crippen molar-refractivity contribution in [2.45, 2.75) is 51.9 Å². The number of aromatic nitrogens is 3. The summed E-state index contributed by atoms with van der Waals surface area (Å²) < 4.78 is 2.07. The highest BCUT2D eigenvalue weighted by Crippen LogP contribution is 2.23. The minimum atomic E-state index is -0.478. The molecule has 3 heterocycles. The summed E-state index contributed by atoms with van der Waals surface area (Å²) in [6.07, 6.45) is 2.56.